The highest BCUT2D eigenvalue weighted by atomic mass is 16.6. The quantitative estimate of drug-likeness (QED) is 0.0206. The molecule has 0 bridgehead atoms. The topological polar surface area (TPSA) is 78.9 Å². The van der Waals surface area contributed by atoms with E-state index in [1.165, 1.54) is 25.7 Å². The smallest absolute Gasteiger partial charge is 0.306 e. The Morgan fingerprint density at radius 1 is 0.356 bits per heavy atom. The van der Waals surface area contributed by atoms with Gasteiger partial charge in [0.05, 0.1) is 0 Å². The Balaban J connectivity index is 4.64. The molecular weight excluding hydrogens is 733 g/mol. The number of hydrogen-bond acceptors (Lipinski definition) is 6. The Labute approximate surface area is 359 Å². The van der Waals surface area contributed by atoms with E-state index in [0.717, 1.165) is 44.9 Å². The predicted octanol–water partition coefficient (Wildman–Crippen LogP) is 14.3. The number of allylic oxidation sites excluding steroid dienone is 26. The number of carbonyl (C=O) groups excluding carboxylic acids is 3. The molecule has 0 fully saturated rings. The molecule has 1 unspecified atom stereocenters. The Kier molecular flexibility index (Phi) is 41.9. The fourth-order valence-electron chi connectivity index (χ4n) is 5.04. The zero-order valence-electron chi connectivity index (χ0n) is 36.7. The maximum Gasteiger partial charge on any atom is 0.306 e. The SMILES string of the molecule is CC\C=C/C=C\C=C/C=C\C=C/CCCC(=O)OC(COC(=O)CCC/C=C\CCCCCC)COC(=O)CCCCC\C=C/C=C\C=C\C=C/C=C\C=C/C=C\CC. The van der Waals surface area contributed by atoms with Crippen molar-refractivity contribution >= 4 is 17.9 Å². The monoisotopic (exact) mass is 809 g/mol. The second-order valence-electron chi connectivity index (χ2n) is 13.8. The lowest BCUT2D eigenvalue weighted by molar-refractivity contribution is -0.167. The molecule has 0 aromatic heterocycles. The van der Waals surface area contributed by atoms with Crippen molar-refractivity contribution < 1.29 is 28.6 Å². The standard InChI is InChI=1S/C53H76O6/c1-4-7-10-13-16-19-21-23-24-25-26-27-28-30-31-34-37-40-43-46-52(55)58-49-50(48-57-51(54)45-42-39-36-33-18-15-12-9-6-3)59-53(56)47-44-41-38-35-32-29-22-20-17-14-11-8-5-2/h7-8,10-11,13-14,16-17,19-33,35-36,38,50H,4-6,9,12,15,18,34,37,39-49H2,1-3H3/b10-7-,11-8-,16-13-,17-14-,21-19-,22-20-,24-23-,26-25+,28-27-,31-30-,32-29-,36-33-,38-35-. The van der Waals surface area contributed by atoms with Crippen molar-refractivity contribution in [1.29, 1.82) is 0 Å². The summed E-state index contributed by atoms with van der Waals surface area (Å²) in [5.74, 6) is -1.12. The molecule has 0 rings (SSSR count). The number of hydrogen-bond donors (Lipinski definition) is 0. The lowest BCUT2D eigenvalue weighted by Gasteiger charge is -2.18. The highest BCUT2D eigenvalue weighted by Gasteiger charge is 2.19. The number of esters is 3. The molecule has 0 saturated carbocycles. The summed E-state index contributed by atoms with van der Waals surface area (Å²) in [6.45, 7) is 6.13. The van der Waals surface area contributed by atoms with Gasteiger partial charge in [0.1, 0.15) is 13.2 Å². The summed E-state index contributed by atoms with van der Waals surface area (Å²) in [5, 5.41) is 0. The van der Waals surface area contributed by atoms with Gasteiger partial charge in [-0.25, -0.2) is 0 Å². The van der Waals surface area contributed by atoms with Crippen LogP contribution in [0.3, 0.4) is 0 Å². The molecule has 0 aliphatic rings. The average molecular weight is 809 g/mol. The molecule has 1 atom stereocenters. The van der Waals surface area contributed by atoms with Crippen LogP contribution >= 0.6 is 0 Å². The Morgan fingerprint density at radius 2 is 0.695 bits per heavy atom. The summed E-state index contributed by atoms with van der Waals surface area (Å²) >= 11 is 0. The third-order valence-electron chi connectivity index (χ3n) is 8.32. The van der Waals surface area contributed by atoms with Crippen LogP contribution in [0.4, 0.5) is 0 Å². The Morgan fingerprint density at radius 3 is 1.14 bits per heavy atom. The average Bonchev–Trinajstić information content (AvgIpc) is 3.23. The highest BCUT2D eigenvalue weighted by molar-refractivity contribution is 5.71. The highest BCUT2D eigenvalue weighted by Crippen LogP contribution is 2.09. The summed E-state index contributed by atoms with van der Waals surface area (Å²) < 4.78 is 16.5. The maximum atomic E-state index is 12.7. The van der Waals surface area contributed by atoms with E-state index in [1.54, 1.807) is 0 Å². The molecule has 0 N–H and O–H groups in total. The summed E-state index contributed by atoms with van der Waals surface area (Å²) in [6.07, 6.45) is 66.7. The molecule has 0 aliphatic heterocycles. The molecule has 0 aromatic carbocycles. The van der Waals surface area contributed by atoms with Crippen LogP contribution in [-0.4, -0.2) is 37.2 Å². The first kappa shape index (κ1) is 54.0. The minimum atomic E-state index is -0.850. The Bertz CT molecular complexity index is 1440. The molecule has 0 saturated heterocycles. The zero-order valence-corrected chi connectivity index (χ0v) is 36.7. The van der Waals surface area contributed by atoms with Gasteiger partial charge in [-0.1, -0.05) is 204 Å². The van der Waals surface area contributed by atoms with Gasteiger partial charge < -0.3 is 14.2 Å². The second kappa shape index (κ2) is 45.7. The van der Waals surface area contributed by atoms with Gasteiger partial charge in [-0.05, 0) is 70.6 Å². The third-order valence-corrected chi connectivity index (χ3v) is 8.32. The van der Waals surface area contributed by atoms with Gasteiger partial charge in [-0.2, -0.15) is 0 Å². The van der Waals surface area contributed by atoms with Gasteiger partial charge in [0.15, 0.2) is 6.10 Å². The van der Waals surface area contributed by atoms with E-state index in [4.69, 9.17) is 14.2 Å². The first-order valence-electron chi connectivity index (χ1n) is 22.2. The van der Waals surface area contributed by atoms with Gasteiger partial charge in [0.2, 0.25) is 0 Å². The second-order valence-corrected chi connectivity index (χ2v) is 13.8. The molecule has 0 heterocycles. The summed E-state index contributed by atoms with van der Waals surface area (Å²) in [7, 11) is 0. The molecule has 0 radical (unpaired) electrons. The van der Waals surface area contributed by atoms with E-state index in [-0.39, 0.29) is 44.4 Å². The van der Waals surface area contributed by atoms with Crippen LogP contribution in [0.2, 0.25) is 0 Å². The van der Waals surface area contributed by atoms with Crippen LogP contribution in [0.15, 0.2) is 158 Å². The molecule has 0 aromatic rings. The van der Waals surface area contributed by atoms with Gasteiger partial charge in [0.25, 0.3) is 0 Å². The first-order valence-corrected chi connectivity index (χ1v) is 22.2. The van der Waals surface area contributed by atoms with Crippen LogP contribution in [0.1, 0.15) is 136 Å². The van der Waals surface area contributed by atoms with Gasteiger partial charge in [-0.15, -0.1) is 0 Å². The van der Waals surface area contributed by atoms with E-state index < -0.39 is 12.1 Å². The fraction of sp³-hybridized carbons (Fsp3) is 0.453. The first-order chi connectivity index (χ1) is 29.0. The minimum absolute atomic E-state index is 0.146. The van der Waals surface area contributed by atoms with Gasteiger partial charge >= 0.3 is 17.9 Å². The van der Waals surface area contributed by atoms with Crippen molar-refractivity contribution in [2.75, 3.05) is 13.2 Å². The van der Waals surface area contributed by atoms with E-state index in [0.29, 0.717) is 25.7 Å². The van der Waals surface area contributed by atoms with E-state index >= 15 is 0 Å². The van der Waals surface area contributed by atoms with Gasteiger partial charge in [-0.3, -0.25) is 14.4 Å². The summed E-state index contributed by atoms with van der Waals surface area (Å²) in [6, 6.07) is 0. The summed E-state index contributed by atoms with van der Waals surface area (Å²) in [4.78, 5) is 37.6. The number of carbonyl (C=O) groups is 3. The number of unbranched alkanes of at least 4 members (excludes halogenated alkanes) is 9. The van der Waals surface area contributed by atoms with E-state index in [2.05, 4.69) is 51.2 Å². The normalized spacial score (nSPS) is 13.6. The van der Waals surface area contributed by atoms with Crippen molar-refractivity contribution in [1.82, 2.24) is 0 Å². The molecule has 0 spiro atoms. The lowest BCUT2D eigenvalue weighted by Crippen LogP contribution is -2.30. The molecule has 6 nitrogen and oxygen atoms in total. The molecule has 0 aliphatic carbocycles. The van der Waals surface area contributed by atoms with Crippen LogP contribution in [-0.2, 0) is 28.6 Å². The predicted molar refractivity (Wildman–Crippen MR) is 251 cm³/mol. The van der Waals surface area contributed by atoms with E-state index in [9.17, 15) is 14.4 Å². The molecule has 324 valence electrons. The molecule has 6 heteroatoms. The summed E-state index contributed by atoms with van der Waals surface area (Å²) in [5.41, 5.74) is 0. The van der Waals surface area contributed by atoms with Crippen LogP contribution < -0.4 is 0 Å². The van der Waals surface area contributed by atoms with Crippen molar-refractivity contribution in [3.05, 3.63) is 158 Å². The lowest BCUT2D eigenvalue weighted by atomic mass is 10.1. The van der Waals surface area contributed by atoms with Gasteiger partial charge in [0, 0.05) is 19.3 Å². The number of rotatable bonds is 36. The molecule has 59 heavy (non-hydrogen) atoms. The zero-order chi connectivity index (χ0) is 43.0. The maximum absolute atomic E-state index is 12.7. The van der Waals surface area contributed by atoms with Crippen molar-refractivity contribution in [3.8, 4) is 0 Å². The Hall–Kier alpha value is -4.97. The minimum Gasteiger partial charge on any atom is -0.462 e. The van der Waals surface area contributed by atoms with Crippen molar-refractivity contribution in [2.45, 2.75) is 142 Å². The van der Waals surface area contributed by atoms with Crippen LogP contribution in [0.5, 0.6) is 0 Å². The third kappa shape index (κ3) is 44.0. The molecule has 0 amide bonds. The van der Waals surface area contributed by atoms with E-state index in [1.807, 2.05) is 128 Å². The molecular formula is C53H76O6. The van der Waals surface area contributed by atoms with Crippen LogP contribution in [0.25, 0.3) is 0 Å². The van der Waals surface area contributed by atoms with Crippen molar-refractivity contribution in [3.63, 3.8) is 0 Å². The van der Waals surface area contributed by atoms with Crippen LogP contribution in [0, 0.1) is 0 Å². The fourth-order valence-corrected chi connectivity index (χ4v) is 5.04. The number of ether oxygens (including phenoxy) is 3. The van der Waals surface area contributed by atoms with Crippen molar-refractivity contribution in [2.24, 2.45) is 0 Å². The largest absolute Gasteiger partial charge is 0.462 e.